The average molecular weight is 839 g/mol. The summed E-state index contributed by atoms with van der Waals surface area (Å²) in [5.74, 6) is -2.39. The van der Waals surface area contributed by atoms with Crippen molar-refractivity contribution in [3.05, 3.63) is 12.7 Å². The fourth-order valence-electron chi connectivity index (χ4n) is 12.8. The summed E-state index contributed by atoms with van der Waals surface area (Å²) in [5.41, 5.74) is -2.19. The predicted octanol–water partition coefficient (Wildman–Crippen LogP) is 6.88. The molecule has 12 heteroatoms. The van der Waals surface area contributed by atoms with Gasteiger partial charge >= 0.3 is 0 Å². The molecule has 7 aliphatic rings. The number of nitrogens with zero attached hydrogens (tertiary/aromatic N) is 2. The summed E-state index contributed by atoms with van der Waals surface area (Å²) < 4.78 is 27.8. The molecule has 7 fully saturated rings. The number of carbonyl (C=O) groups excluding carboxylic acids is 5. The lowest BCUT2D eigenvalue weighted by Crippen LogP contribution is -2.57. The molecule has 0 unspecified atom stereocenters. The molecule has 5 saturated carbocycles. The fourth-order valence-corrected chi connectivity index (χ4v) is 14.2. The van der Waals surface area contributed by atoms with Gasteiger partial charge in [-0.25, -0.2) is 8.42 Å². The number of nitrogens with one attached hydrogen (secondary N) is 2. The van der Waals surface area contributed by atoms with Crippen molar-refractivity contribution in [2.45, 2.75) is 193 Å². The van der Waals surface area contributed by atoms with Crippen LogP contribution in [0.1, 0.15) is 165 Å². The van der Waals surface area contributed by atoms with E-state index in [4.69, 9.17) is 0 Å². The molecule has 2 heterocycles. The molecule has 0 bridgehead atoms. The van der Waals surface area contributed by atoms with Gasteiger partial charge in [-0.15, -0.1) is 6.58 Å². The van der Waals surface area contributed by atoms with E-state index in [-0.39, 0.29) is 76.4 Å². The van der Waals surface area contributed by atoms with Gasteiger partial charge in [0.2, 0.25) is 27.7 Å². The maximum Gasteiger partial charge on any atom is 0.240 e. The second kappa shape index (κ2) is 15.3. The zero-order chi connectivity index (χ0) is 43.1. The predicted molar refractivity (Wildman–Crippen MR) is 228 cm³/mol. The molecule has 0 radical (unpaired) electrons. The Balaban J connectivity index is 1.16. The maximum atomic E-state index is 15.4. The highest BCUT2D eigenvalue weighted by atomic mass is 32.2. The van der Waals surface area contributed by atoms with Crippen LogP contribution >= 0.6 is 0 Å². The second-order valence-electron chi connectivity index (χ2n) is 22.4. The number of sulfonamides is 1. The lowest BCUT2D eigenvalue weighted by Gasteiger charge is -2.40. The Kier molecular flexibility index (Phi) is 11.6. The van der Waals surface area contributed by atoms with Crippen LogP contribution in [0.3, 0.4) is 0 Å². The number of rotatable bonds is 15. The van der Waals surface area contributed by atoms with E-state index < -0.39 is 49.5 Å². The van der Waals surface area contributed by atoms with E-state index >= 15 is 4.79 Å². The normalized spacial score (nSPS) is 33.2. The van der Waals surface area contributed by atoms with Crippen LogP contribution in [0, 0.1) is 44.8 Å². The first-order chi connectivity index (χ1) is 27.5. The lowest BCUT2D eigenvalue weighted by molar-refractivity contribution is -0.147. The lowest BCUT2D eigenvalue weighted by atomic mass is 9.73. The van der Waals surface area contributed by atoms with E-state index in [1.54, 1.807) is 17.9 Å². The topological polar surface area (TPSA) is 150 Å². The van der Waals surface area contributed by atoms with Gasteiger partial charge in [0, 0.05) is 36.8 Å². The van der Waals surface area contributed by atoms with Gasteiger partial charge in [0.15, 0.2) is 11.6 Å². The summed E-state index contributed by atoms with van der Waals surface area (Å²) in [6.45, 7) is 21.5. The number of piperidine rings is 1. The van der Waals surface area contributed by atoms with E-state index in [1.165, 1.54) is 0 Å². The minimum Gasteiger partial charge on any atom is -0.345 e. The zero-order valence-corrected chi connectivity index (χ0v) is 38.2. The third-order valence-electron chi connectivity index (χ3n) is 17.7. The Morgan fingerprint density at radius 3 is 2.02 bits per heavy atom. The van der Waals surface area contributed by atoms with Crippen LogP contribution in [0.4, 0.5) is 0 Å². The molecule has 7 rings (SSSR count). The fraction of sp³-hybridized carbons (Fsp3) is 0.851. The largest absolute Gasteiger partial charge is 0.345 e. The van der Waals surface area contributed by atoms with Crippen molar-refractivity contribution in [3.63, 3.8) is 0 Å². The summed E-state index contributed by atoms with van der Waals surface area (Å²) in [5, 5.41) is 3.28. The number of ketones is 2. The highest BCUT2D eigenvalue weighted by Crippen LogP contribution is 2.88. The monoisotopic (exact) mass is 839 g/mol. The molecule has 330 valence electrons. The van der Waals surface area contributed by atoms with Crippen LogP contribution < -0.4 is 10.0 Å². The van der Waals surface area contributed by atoms with Crippen molar-refractivity contribution in [1.29, 1.82) is 0 Å². The van der Waals surface area contributed by atoms with Gasteiger partial charge in [-0.2, -0.15) is 0 Å². The average Bonchev–Trinajstić information content (AvgIpc) is 4.09. The van der Waals surface area contributed by atoms with Crippen LogP contribution in [0.15, 0.2) is 12.7 Å². The highest BCUT2D eigenvalue weighted by Gasteiger charge is 2.85. The van der Waals surface area contributed by atoms with E-state index in [9.17, 15) is 27.6 Å². The quantitative estimate of drug-likeness (QED) is 0.170. The minimum atomic E-state index is -3.92. The number of hydrogen-bond acceptors (Lipinski definition) is 8. The van der Waals surface area contributed by atoms with Gasteiger partial charge in [0.05, 0.1) is 28.3 Å². The molecule has 7 atom stereocenters. The number of hydrogen-bond donors (Lipinski definition) is 2. The molecular formula is C47H74N4O7S. The number of likely N-dealkylation sites (tertiary alicyclic amines) is 2. The zero-order valence-electron chi connectivity index (χ0n) is 37.4. The minimum absolute atomic E-state index is 0.00660. The molecular weight excluding hydrogens is 765 g/mol. The number of allylic oxidation sites excluding steroid dienone is 1. The van der Waals surface area contributed by atoms with Gasteiger partial charge in [0.1, 0.15) is 0 Å². The van der Waals surface area contributed by atoms with Gasteiger partial charge in [0.25, 0.3) is 0 Å². The number of fused-ring (bicyclic) bond motifs is 1. The standard InChI is InChI=1S/C47H74N4O7S/c1-10-32-26-45(32,41(56)49-59(57,58)44(9)22-23-44)28-37(53)35-27-47(43(7,8)46(47)20-16-21-46)29-51(35)40(55)33(42(4,5)6)25-36(52)38(31-17-12-11-13-18-31)48-39(54)34-19-14-15-24-50(34)30(2)3/h10,30-35,38H,1,11-29H2,2-9H3,(H,48,54)(H,49,56)/t32-,33-,34+,35+,38+,45-,47-/m1/s1. The van der Waals surface area contributed by atoms with Crippen LogP contribution in [0.25, 0.3) is 0 Å². The van der Waals surface area contributed by atoms with E-state index in [1.807, 2.05) is 20.8 Å². The van der Waals surface area contributed by atoms with Crippen molar-refractivity contribution < 1.29 is 32.4 Å². The summed E-state index contributed by atoms with van der Waals surface area (Å²) >= 11 is 0. The molecule has 3 amide bonds. The van der Waals surface area contributed by atoms with Crippen molar-refractivity contribution >= 4 is 39.3 Å². The van der Waals surface area contributed by atoms with Crippen LogP contribution in [0.5, 0.6) is 0 Å². The van der Waals surface area contributed by atoms with Gasteiger partial charge in [-0.05, 0) is 120 Å². The third kappa shape index (κ3) is 7.37. The molecule has 59 heavy (non-hydrogen) atoms. The molecule has 11 nitrogen and oxygen atoms in total. The van der Waals surface area contributed by atoms with Crippen molar-refractivity contribution in [2.24, 2.45) is 44.8 Å². The molecule has 0 aromatic carbocycles. The van der Waals surface area contributed by atoms with Crippen LogP contribution in [-0.2, 0) is 34.0 Å². The van der Waals surface area contributed by atoms with Crippen molar-refractivity contribution in [3.8, 4) is 0 Å². The number of Topliss-reactive ketones (excluding diaryl/α,β-unsaturated/α-hetero) is 2. The Hall–Kier alpha value is -2.60. The maximum absolute atomic E-state index is 15.4. The number of amides is 3. The Labute approximate surface area is 354 Å². The molecule has 2 aliphatic heterocycles. The summed E-state index contributed by atoms with van der Waals surface area (Å²) in [7, 11) is -3.92. The van der Waals surface area contributed by atoms with Gasteiger partial charge in [-0.3, -0.25) is 33.6 Å². The highest BCUT2D eigenvalue weighted by molar-refractivity contribution is 7.91. The Morgan fingerprint density at radius 2 is 1.49 bits per heavy atom. The van der Waals surface area contributed by atoms with Crippen molar-refractivity contribution in [1.82, 2.24) is 19.8 Å². The molecule has 0 aromatic heterocycles. The molecule has 2 spiro atoms. The second-order valence-corrected chi connectivity index (χ2v) is 24.6. The Bertz CT molecular complexity index is 1840. The van der Waals surface area contributed by atoms with Crippen LogP contribution in [-0.4, -0.2) is 89.5 Å². The smallest absolute Gasteiger partial charge is 0.240 e. The summed E-state index contributed by atoms with van der Waals surface area (Å²) in [4.78, 5) is 77.1. The van der Waals surface area contributed by atoms with Gasteiger partial charge < -0.3 is 10.2 Å². The van der Waals surface area contributed by atoms with Gasteiger partial charge in [-0.1, -0.05) is 72.8 Å². The van der Waals surface area contributed by atoms with E-state index in [2.05, 4.69) is 49.2 Å². The first kappa shape index (κ1) is 44.5. The van der Waals surface area contributed by atoms with Crippen molar-refractivity contribution in [2.75, 3.05) is 13.1 Å². The molecule has 5 aliphatic carbocycles. The van der Waals surface area contributed by atoms with Crippen LogP contribution in [0.2, 0.25) is 0 Å². The number of carbonyl (C=O) groups is 5. The Morgan fingerprint density at radius 1 is 0.847 bits per heavy atom. The third-order valence-corrected chi connectivity index (χ3v) is 19.8. The molecule has 0 aromatic rings. The van der Waals surface area contributed by atoms with E-state index in [0.717, 1.165) is 77.2 Å². The summed E-state index contributed by atoms with van der Waals surface area (Å²) in [6, 6.07) is -1.56. The van der Waals surface area contributed by atoms with E-state index in [0.29, 0.717) is 32.2 Å². The first-order valence-electron chi connectivity index (χ1n) is 23.1. The first-order valence-corrected chi connectivity index (χ1v) is 24.6. The SMILES string of the molecule is C=C[C@@H]1C[C@]1(CC(=O)[C@@H]1C[C@@]2(CN1C(=O)[C@@H](CC(=O)[C@@H](NC(=O)[C@@H]1CCCCN1C(C)C)C1CCCCC1)C(C)(C)C)C(C)(C)C21CCC1)C(=O)NS(=O)(=O)C1(C)CC1. The summed E-state index contributed by atoms with van der Waals surface area (Å²) in [6.07, 6.45) is 14.0. The molecule has 2 N–H and O–H groups in total. The molecule has 2 saturated heterocycles.